The third kappa shape index (κ3) is 11.2. The molecular weight excluding hydrogens is 1080 g/mol. The van der Waals surface area contributed by atoms with E-state index < -0.39 is 89.7 Å². The molecule has 0 saturated heterocycles. The largest absolute Gasteiger partial charge is 0.337 e. The zero-order valence-corrected chi connectivity index (χ0v) is 42.7. The Morgan fingerprint density at radius 3 is 0.961 bits per heavy atom. The molecule has 10 N–H and O–H groups in total. The fraction of sp³-hybridized carbons (Fsp3) is 0.0889. The van der Waals surface area contributed by atoms with E-state index >= 15 is 0 Å². The lowest BCUT2D eigenvalue weighted by Gasteiger charge is -2.13. The fourth-order valence-corrected chi connectivity index (χ4v) is 10.5. The number of hydrogen-bond donors (Lipinski definition) is 10. The molecule has 4 heterocycles. The molecule has 31 heteroatoms. The highest BCUT2D eigenvalue weighted by Crippen LogP contribution is 2.35. The highest BCUT2D eigenvalue weighted by atomic mass is 32.2. The van der Waals surface area contributed by atoms with Crippen LogP contribution in [0, 0.1) is 0 Å². The second-order valence-corrected chi connectivity index (χ2v) is 22.5. The van der Waals surface area contributed by atoms with Gasteiger partial charge >= 0.3 is 6.03 Å². The molecule has 76 heavy (non-hydrogen) atoms. The van der Waals surface area contributed by atoms with Crippen LogP contribution >= 0.6 is 0 Å². The number of urea groups is 1. The summed E-state index contributed by atoms with van der Waals surface area (Å²) in [5.41, 5.74) is -0.884. The van der Waals surface area contributed by atoms with Crippen LogP contribution < -0.4 is 31.9 Å². The van der Waals surface area contributed by atoms with Crippen LogP contribution in [0.25, 0.3) is 21.5 Å². The van der Waals surface area contributed by atoms with Gasteiger partial charge in [0.1, 0.15) is 33.1 Å². The van der Waals surface area contributed by atoms with Crippen LogP contribution in [0.5, 0.6) is 0 Å². The van der Waals surface area contributed by atoms with E-state index in [9.17, 15) is 75.9 Å². The van der Waals surface area contributed by atoms with E-state index in [1.165, 1.54) is 120 Å². The average Bonchev–Trinajstić information content (AvgIpc) is 4.10. The lowest BCUT2D eigenvalue weighted by atomic mass is 10.1. The summed E-state index contributed by atoms with van der Waals surface area (Å²) in [6.45, 7) is 0. The van der Waals surface area contributed by atoms with Crippen LogP contribution in [-0.4, -0.2) is 99.8 Å². The molecule has 0 fully saturated rings. The normalized spacial score (nSPS) is 12.1. The summed E-state index contributed by atoms with van der Waals surface area (Å²) in [6, 6.07) is 15.0. The van der Waals surface area contributed by atoms with Crippen molar-refractivity contribution in [3.05, 3.63) is 132 Å². The number of rotatable bonds is 14. The molecule has 8 rings (SSSR count). The Balaban J connectivity index is 0.910. The summed E-state index contributed by atoms with van der Waals surface area (Å²) in [7, 11) is -13.5. The Bertz CT molecular complexity index is 4020. The fourth-order valence-electron chi connectivity index (χ4n) is 7.94. The molecule has 0 aliphatic rings. The van der Waals surface area contributed by atoms with Gasteiger partial charge in [0.25, 0.3) is 64.1 Å². The highest BCUT2D eigenvalue weighted by molar-refractivity contribution is 7.86. The van der Waals surface area contributed by atoms with Gasteiger partial charge in [0.15, 0.2) is 0 Å². The lowest BCUT2D eigenvalue weighted by Crippen LogP contribution is -2.22. The van der Waals surface area contributed by atoms with Crippen LogP contribution in [0.15, 0.2) is 129 Å². The van der Waals surface area contributed by atoms with Crippen molar-refractivity contribution < 1.29 is 75.9 Å². The first-order chi connectivity index (χ1) is 35.3. The number of aryl methyl sites for hydroxylation is 4. The van der Waals surface area contributed by atoms with E-state index in [0.717, 1.165) is 36.4 Å². The Labute approximate surface area is 430 Å². The van der Waals surface area contributed by atoms with E-state index in [-0.39, 0.29) is 78.4 Å². The summed E-state index contributed by atoms with van der Waals surface area (Å²) in [4.78, 5) is 64.4. The molecule has 8 aromatic rings. The van der Waals surface area contributed by atoms with Gasteiger partial charge in [0.2, 0.25) is 0 Å². The van der Waals surface area contributed by atoms with Gasteiger partial charge in [0.05, 0.1) is 43.4 Å². The van der Waals surface area contributed by atoms with Crippen molar-refractivity contribution in [1.82, 2.24) is 18.3 Å². The smallest absolute Gasteiger partial charge is 0.325 e. The van der Waals surface area contributed by atoms with Gasteiger partial charge in [-0.15, -0.1) is 0 Å². The summed E-state index contributed by atoms with van der Waals surface area (Å²) >= 11 is 0. The molecule has 0 atom stereocenters. The second kappa shape index (κ2) is 19.5. The van der Waals surface area contributed by atoms with Crippen molar-refractivity contribution in [1.29, 1.82) is 0 Å². The molecule has 396 valence electrons. The van der Waals surface area contributed by atoms with Crippen LogP contribution in [0.2, 0.25) is 0 Å². The number of carbonyl (C=O) groups is 5. The zero-order chi connectivity index (χ0) is 55.6. The molecule has 4 aromatic carbocycles. The number of aromatic nitrogens is 4. The summed E-state index contributed by atoms with van der Waals surface area (Å²) in [6.07, 6.45) is 5.35. The van der Waals surface area contributed by atoms with Crippen molar-refractivity contribution in [2.24, 2.45) is 28.2 Å². The minimum Gasteiger partial charge on any atom is -0.337 e. The van der Waals surface area contributed by atoms with Gasteiger partial charge in [-0.05, 0) is 71.4 Å². The third-order valence-electron chi connectivity index (χ3n) is 11.5. The molecule has 4 aromatic heterocycles. The first-order valence-electron chi connectivity index (χ1n) is 21.4. The highest BCUT2D eigenvalue weighted by Gasteiger charge is 2.26. The number of carbonyl (C=O) groups excluding carboxylic acids is 5. The zero-order valence-electron chi connectivity index (χ0n) is 39.4. The SMILES string of the molecule is Cn1cc(C(=O)Nc2cc(C(=O)Nc3cc(S(=O)(=O)O)cc4cccc(S(=O)(=O)O)c34)cn2C)cc1NC(=O)Nc1cc(C(=O)Nc2cc(C(=O)Nc3cc(S(=O)(=O)O)cc4cccc(S(=O)(=O)O)c34)cn2C)cn1C. The van der Waals surface area contributed by atoms with E-state index in [0.29, 0.717) is 0 Å². The van der Waals surface area contributed by atoms with Crippen LogP contribution in [0.4, 0.5) is 39.4 Å². The molecular formula is C45H40N10O17S4. The molecule has 27 nitrogen and oxygen atoms in total. The van der Waals surface area contributed by atoms with Crippen molar-refractivity contribution in [2.45, 2.75) is 19.6 Å². The van der Waals surface area contributed by atoms with Gasteiger partial charge in [-0.2, -0.15) is 33.7 Å². The van der Waals surface area contributed by atoms with E-state index in [2.05, 4.69) is 31.9 Å². The summed E-state index contributed by atoms with van der Waals surface area (Å²) in [5, 5.41) is 14.6. The van der Waals surface area contributed by atoms with E-state index in [4.69, 9.17) is 0 Å². The van der Waals surface area contributed by atoms with E-state index in [1.54, 1.807) is 0 Å². The maximum Gasteiger partial charge on any atom is 0.325 e. The van der Waals surface area contributed by atoms with Gasteiger partial charge in [-0.3, -0.25) is 48.0 Å². The predicted molar refractivity (Wildman–Crippen MR) is 273 cm³/mol. The van der Waals surface area contributed by atoms with Crippen molar-refractivity contribution in [2.75, 3.05) is 31.9 Å². The molecule has 6 amide bonds. The number of anilines is 6. The van der Waals surface area contributed by atoms with Gasteiger partial charge in [-0.25, -0.2) is 4.79 Å². The van der Waals surface area contributed by atoms with E-state index in [1.807, 2.05) is 0 Å². The Morgan fingerprint density at radius 2 is 0.671 bits per heavy atom. The Kier molecular flexibility index (Phi) is 13.8. The standard InChI is InChI=1S/C45H40N10O17S4/c1-52-19-25(41(56)46-31-17-29(73(61,62)63)11-23-7-5-9-33(39(23)31)75(67,68)69)13-35(52)48-43(58)27-15-37(54(3)21-27)50-45(60)51-38-16-28(22-55(38)4)44(59)49-36-14-26(20-53(36)2)42(57)47-32-18-30(74(64,65)66)12-24-8-6-10-34(40(24)32)76(70,71)72/h5-22H,1-4H3,(H,46,56)(H,47,57)(H,48,58)(H,49,59)(H2,50,51,60)(H,61,62,63)(H,64,65,66)(H,67,68,69)(H,70,71,72). The molecule has 0 spiro atoms. The number of nitrogens with zero attached hydrogens (tertiary/aromatic N) is 4. The molecule has 0 radical (unpaired) electrons. The number of amides is 6. The summed E-state index contributed by atoms with van der Waals surface area (Å²) in [5.74, 6) is -2.78. The molecule has 0 aliphatic carbocycles. The maximum atomic E-state index is 13.5. The number of nitrogens with one attached hydrogen (secondary N) is 6. The molecule has 0 bridgehead atoms. The first-order valence-corrected chi connectivity index (χ1v) is 27.1. The number of hydrogen-bond acceptors (Lipinski definition) is 13. The van der Waals surface area contributed by atoms with Gasteiger partial charge in [0, 0.05) is 63.8 Å². The molecule has 0 aliphatic heterocycles. The van der Waals surface area contributed by atoms with Crippen LogP contribution in [-0.2, 0) is 68.7 Å². The summed E-state index contributed by atoms with van der Waals surface area (Å²) < 4.78 is 142. The Hall–Kier alpha value is -8.69. The van der Waals surface area contributed by atoms with Crippen LogP contribution in [0.3, 0.4) is 0 Å². The van der Waals surface area contributed by atoms with Crippen LogP contribution in [0.1, 0.15) is 41.4 Å². The monoisotopic (exact) mass is 1120 g/mol. The number of fused-ring (bicyclic) bond motifs is 2. The van der Waals surface area contributed by atoms with Gasteiger partial charge in [-0.1, -0.05) is 24.3 Å². The van der Waals surface area contributed by atoms with Crippen molar-refractivity contribution in [3.8, 4) is 0 Å². The topological polar surface area (TPSA) is 395 Å². The van der Waals surface area contributed by atoms with Crippen molar-refractivity contribution in [3.63, 3.8) is 0 Å². The molecule has 0 saturated carbocycles. The number of benzene rings is 4. The lowest BCUT2D eigenvalue weighted by molar-refractivity contribution is 0.101. The predicted octanol–water partition coefficient (Wildman–Crippen LogP) is 4.99. The minimum atomic E-state index is -4.89. The van der Waals surface area contributed by atoms with Crippen molar-refractivity contribution >= 4 is 126 Å². The average molecular weight is 1120 g/mol. The van der Waals surface area contributed by atoms with Gasteiger partial charge < -0.3 is 39.5 Å². The minimum absolute atomic E-state index is 0.0431. The quantitative estimate of drug-likeness (QED) is 0.0641. The Morgan fingerprint density at radius 1 is 0.382 bits per heavy atom. The first kappa shape index (κ1) is 53.6. The molecule has 0 unspecified atom stereocenters. The third-order valence-corrected chi connectivity index (χ3v) is 15.0. The maximum absolute atomic E-state index is 13.5. The second-order valence-electron chi connectivity index (χ2n) is 16.8.